The standard InChI is InChI=1S/C13H12N2O4S/c16-13(11-3-4-12(19-11)15(17)18)14-6-1-2-10(14)9-5-7-20-8-9/h3-5,7-8,10H,1-2,6H2/t10-/m0/s1. The van der Waals surface area contributed by atoms with E-state index in [9.17, 15) is 14.9 Å². The van der Waals surface area contributed by atoms with E-state index in [2.05, 4.69) is 0 Å². The fourth-order valence-electron chi connectivity index (χ4n) is 2.50. The van der Waals surface area contributed by atoms with Gasteiger partial charge in [0.25, 0.3) is 5.91 Å². The highest BCUT2D eigenvalue weighted by molar-refractivity contribution is 7.07. The minimum Gasteiger partial charge on any atom is -0.395 e. The Bertz CT molecular complexity index is 635. The highest BCUT2D eigenvalue weighted by Gasteiger charge is 2.32. The van der Waals surface area contributed by atoms with Gasteiger partial charge in [-0.15, -0.1) is 0 Å². The summed E-state index contributed by atoms with van der Waals surface area (Å²) in [5.41, 5.74) is 1.11. The van der Waals surface area contributed by atoms with Gasteiger partial charge in [-0.05, 0) is 41.3 Å². The van der Waals surface area contributed by atoms with Gasteiger partial charge in [0, 0.05) is 6.54 Å². The van der Waals surface area contributed by atoms with Crippen LogP contribution in [-0.4, -0.2) is 22.3 Å². The van der Waals surface area contributed by atoms with E-state index in [1.165, 1.54) is 12.1 Å². The molecule has 7 heteroatoms. The number of amides is 1. The molecule has 0 unspecified atom stereocenters. The molecule has 1 saturated heterocycles. The molecule has 0 spiro atoms. The Morgan fingerprint density at radius 1 is 1.45 bits per heavy atom. The number of nitrogens with zero attached hydrogens (tertiary/aromatic N) is 2. The Kier molecular flexibility index (Phi) is 3.27. The second-order valence-corrected chi connectivity index (χ2v) is 5.39. The number of rotatable bonds is 3. The molecule has 0 saturated carbocycles. The molecule has 0 aliphatic carbocycles. The van der Waals surface area contributed by atoms with Gasteiger partial charge in [0.1, 0.15) is 4.92 Å². The number of hydrogen-bond acceptors (Lipinski definition) is 5. The molecule has 1 aliphatic rings. The summed E-state index contributed by atoms with van der Waals surface area (Å²) >= 11 is 1.59. The number of carbonyl (C=O) groups is 1. The normalized spacial score (nSPS) is 18.4. The lowest BCUT2D eigenvalue weighted by molar-refractivity contribution is -0.402. The van der Waals surface area contributed by atoms with Crippen molar-refractivity contribution in [2.24, 2.45) is 0 Å². The van der Waals surface area contributed by atoms with E-state index < -0.39 is 10.8 Å². The van der Waals surface area contributed by atoms with Crippen LogP contribution in [0.25, 0.3) is 0 Å². The van der Waals surface area contributed by atoms with Crippen LogP contribution in [0, 0.1) is 10.1 Å². The van der Waals surface area contributed by atoms with E-state index in [0.29, 0.717) is 6.54 Å². The van der Waals surface area contributed by atoms with Gasteiger partial charge >= 0.3 is 5.88 Å². The van der Waals surface area contributed by atoms with Gasteiger partial charge in [0.2, 0.25) is 0 Å². The first-order chi connectivity index (χ1) is 9.66. The molecule has 1 amide bonds. The van der Waals surface area contributed by atoms with E-state index in [-0.39, 0.29) is 17.7 Å². The van der Waals surface area contributed by atoms with Crippen molar-refractivity contribution < 1.29 is 14.1 Å². The van der Waals surface area contributed by atoms with Crippen molar-refractivity contribution in [2.45, 2.75) is 18.9 Å². The Labute approximate surface area is 118 Å². The lowest BCUT2D eigenvalue weighted by atomic mass is 10.1. The SMILES string of the molecule is O=C(c1ccc([N+](=O)[O-])o1)N1CCC[C@H]1c1ccsc1. The lowest BCUT2D eigenvalue weighted by Crippen LogP contribution is -2.30. The van der Waals surface area contributed by atoms with Crippen LogP contribution in [0.3, 0.4) is 0 Å². The summed E-state index contributed by atoms with van der Waals surface area (Å²) in [4.78, 5) is 24.1. The highest BCUT2D eigenvalue weighted by atomic mass is 32.1. The zero-order valence-corrected chi connectivity index (χ0v) is 11.3. The number of carbonyl (C=O) groups excluding carboxylic acids is 1. The zero-order valence-electron chi connectivity index (χ0n) is 10.5. The van der Waals surface area contributed by atoms with Crippen LogP contribution < -0.4 is 0 Å². The summed E-state index contributed by atoms with van der Waals surface area (Å²) < 4.78 is 5.00. The number of thiophene rings is 1. The summed E-state index contributed by atoms with van der Waals surface area (Å²) in [5, 5.41) is 14.6. The van der Waals surface area contributed by atoms with Gasteiger partial charge in [0.05, 0.1) is 12.1 Å². The van der Waals surface area contributed by atoms with Gasteiger partial charge in [-0.3, -0.25) is 14.9 Å². The first kappa shape index (κ1) is 12.9. The minimum absolute atomic E-state index is 0.0267. The molecular weight excluding hydrogens is 280 g/mol. The first-order valence-corrected chi connectivity index (χ1v) is 7.18. The Balaban J connectivity index is 1.83. The van der Waals surface area contributed by atoms with Crippen molar-refractivity contribution in [1.82, 2.24) is 4.90 Å². The van der Waals surface area contributed by atoms with Crippen molar-refractivity contribution in [3.8, 4) is 0 Å². The second-order valence-electron chi connectivity index (χ2n) is 4.61. The van der Waals surface area contributed by atoms with Crippen LogP contribution >= 0.6 is 11.3 Å². The second kappa shape index (κ2) is 5.09. The van der Waals surface area contributed by atoms with Gasteiger partial charge in [-0.2, -0.15) is 11.3 Å². The van der Waals surface area contributed by atoms with E-state index in [0.717, 1.165) is 18.4 Å². The maximum absolute atomic E-state index is 12.4. The van der Waals surface area contributed by atoms with E-state index in [4.69, 9.17) is 4.42 Å². The Hall–Kier alpha value is -2.15. The summed E-state index contributed by atoms with van der Waals surface area (Å²) in [6.45, 7) is 0.647. The maximum atomic E-state index is 12.4. The predicted molar refractivity (Wildman–Crippen MR) is 72.7 cm³/mol. The average Bonchev–Trinajstić information content (AvgIpc) is 3.17. The Morgan fingerprint density at radius 2 is 2.30 bits per heavy atom. The molecule has 1 atom stereocenters. The third-order valence-electron chi connectivity index (χ3n) is 3.42. The van der Waals surface area contributed by atoms with Crippen molar-refractivity contribution in [1.29, 1.82) is 0 Å². The monoisotopic (exact) mass is 292 g/mol. The van der Waals surface area contributed by atoms with E-state index >= 15 is 0 Å². The molecule has 2 aromatic heterocycles. The van der Waals surface area contributed by atoms with Gasteiger partial charge < -0.3 is 9.32 Å². The minimum atomic E-state index is -0.642. The van der Waals surface area contributed by atoms with Crippen LogP contribution in [0.15, 0.2) is 33.4 Å². The van der Waals surface area contributed by atoms with Crippen LogP contribution in [0.5, 0.6) is 0 Å². The summed E-state index contributed by atoms with van der Waals surface area (Å²) in [6.07, 6.45) is 1.83. The maximum Gasteiger partial charge on any atom is 0.433 e. The van der Waals surface area contributed by atoms with Crippen molar-refractivity contribution >= 4 is 23.1 Å². The van der Waals surface area contributed by atoms with Crippen LogP contribution in [0.2, 0.25) is 0 Å². The van der Waals surface area contributed by atoms with Crippen LogP contribution in [0.1, 0.15) is 35.0 Å². The molecule has 20 heavy (non-hydrogen) atoms. The molecule has 1 fully saturated rings. The fourth-order valence-corrected chi connectivity index (χ4v) is 3.21. The molecule has 0 aromatic carbocycles. The lowest BCUT2D eigenvalue weighted by Gasteiger charge is -2.23. The number of furan rings is 1. The molecule has 0 radical (unpaired) electrons. The van der Waals surface area contributed by atoms with Gasteiger partial charge in [0.15, 0.2) is 5.76 Å². The zero-order chi connectivity index (χ0) is 14.1. The van der Waals surface area contributed by atoms with Gasteiger partial charge in [-0.1, -0.05) is 0 Å². The largest absolute Gasteiger partial charge is 0.433 e. The quantitative estimate of drug-likeness (QED) is 0.643. The Morgan fingerprint density at radius 3 is 2.95 bits per heavy atom. The van der Waals surface area contributed by atoms with Crippen molar-refractivity contribution in [3.63, 3.8) is 0 Å². The fraction of sp³-hybridized carbons (Fsp3) is 0.308. The summed E-state index contributed by atoms with van der Waals surface area (Å²) in [6, 6.07) is 4.62. The molecule has 3 heterocycles. The van der Waals surface area contributed by atoms with E-state index in [1.807, 2.05) is 16.8 Å². The molecule has 2 aromatic rings. The molecule has 1 aliphatic heterocycles. The summed E-state index contributed by atoms with van der Waals surface area (Å²) in [5.74, 6) is -0.662. The first-order valence-electron chi connectivity index (χ1n) is 6.24. The third kappa shape index (κ3) is 2.20. The number of likely N-dealkylation sites (tertiary alicyclic amines) is 1. The molecule has 3 rings (SSSR count). The van der Waals surface area contributed by atoms with Crippen molar-refractivity contribution in [3.05, 3.63) is 50.4 Å². The highest BCUT2D eigenvalue weighted by Crippen LogP contribution is 2.34. The molecule has 0 bridgehead atoms. The topological polar surface area (TPSA) is 76.6 Å². The number of hydrogen-bond donors (Lipinski definition) is 0. The molecule has 6 nitrogen and oxygen atoms in total. The number of nitro groups is 1. The van der Waals surface area contributed by atoms with E-state index in [1.54, 1.807) is 16.2 Å². The molecule has 104 valence electrons. The molecular formula is C13H12N2O4S. The predicted octanol–water partition coefficient (Wildman–Crippen LogP) is 3.23. The van der Waals surface area contributed by atoms with Crippen LogP contribution in [-0.2, 0) is 0 Å². The smallest absolute Gasteiger partial charge is 0.395 e. The average molecular weight is 292 g/mol. The molecule has 0 N–H and O–H groups in total. The third-order valence-corrected chi connectivity index (χ3v) is 4.13. The van der Waals surface area contributed by atoms with Crippen molar-refractivity contribution in [2.75, 3.05) is 6.54 Å². The van der Waals surface area contributed by atoms with Gasteiger partial charge in [-0.25, -0.2) is 0 Å². The van der Waals surface area contributed by atoms with Crippen LogP contribution in [0.4, 0.5) is 5.88 Å². The summed E-state index contributed by atoms with van der Waals surface area (Å²) in [7, 11) is 0.